The number of methoxy groups -OCH3 is 1. The number of rotatable bonds is 6. The Hall–Kier alpha value is -3.40. The molecule has 3 amide bonds. The van der Waals surface area contributed by atoms with Crippen LogP contribution in [0.5, 0.6) is 11.5 Å². The van der Waals surface area contributed by atoms with E-state index in [2.05, 4.69) is 5.32 Å². The van der Waals surface area contributed by atoms with Gasteiger partial charge in [0.05, 0.1) is 35.7 Å². The van der Waals surface area contributed by atoms with Crippen LogP contribution in [0.4, 0.5) is 5.69 Å². The molecule has 10 heteroatoms. The highest BCUT2D eigenvalue weighted by atomic mass is 32.2. The first-order chi connectivity index (χ1) is 14.0. The Bertz CT molecular complexity index is 1160. The van der Waals surface area contributed by atoms with Gasteiger partial charge in [-0.05, 0) is 29.8 Å². The second kappa shape index (κ2) is 7.79. The summed E-state index contributed by atoms with van der Waals surface area (Å²) in [5.74, 6) is -2.49. The summed E-state index contributed by atoms with van der Waals surface area (Å²) in [6, 6.07) is 7.41. The first kappa shape index (κ1) is 21.3. The molecule has 0 radical (unpaired) electrons. The number of amides is 3. The Morgan fingerprint density at radius 1 is 1.20 bits per heavy atom. The lowest BCUT2D eigenvalue weighted by Gasteiger charge is -2.26. The van der Waals surface area contributed by atoms with Gasteiger partial charge >= 0.3 is 0 Å². The number of hydrogen-bond acceptors (Lipinski definition) is 7. The zero-order chi connectivity index (χ0) is 22.2. The second-order valence-corrected chi connectivity index (χ2v) is 9.11. The summed E-state index contributed by atoms with van der Waals surface area (Å²) in [6.45, 7) is 1.27. The fourth-order valence-electron chi connectivity index (χ4n) is 3.40. The number of carbonyl (C=O) groups is 3. The van der Waals surface area contributed by atoms with Gasteiger partial charge in [-0.2, -0.15) is 0 Å². The van der Waals surface area contributed by atoms with E-state index in [1.807, 2.05) is 0 Å². The number of benzene rings is 2. The van der Waals surface area contributed by atoms with Crippen molar-refractivity contribution in [1.29, 1.82) is 0 Å². The summed E-state index contributed by atoms with van der Waals surface area (Å²) in [5, 5.41) is 12.6. The Balaban J connectivity index is 2.12. The number of nitrogens with zero attached hydrogens (tertiary/aromatic N) is 1. The number of carbonyl (C=O) groups excluding carboxylic acids is 3. The van der Waals surface area contributed by atoms with Crippen molar-refractivity contribution in [3.05, 3.63) is 53.1 Å². The van der Waals surface area contributed by atoms with Gasteiger partial charge in [0.25, 0.3) is 11.8 Å². The number of aromatic hydroxyl groups is 1. The van der Waals surface area contributed by atoms with E-state index in [1.165, 1.54) is 50.4 Å². The predicted molar refractivity (Wildman–Crippen MR) is 108 cm³/mol. The standard InChI is InChI=1S/C20H20N2O7S/c1-11(23)21-14-6-4-5-13-18(14)20(26)22(19(13)25)15(10-30(3,27)28)12-7-8-17(29-2)16(24)9-12/h4-9,15,24H,10H2,1-3H3,(H,21,23). The van der Waals surface area contributed by atoms with Gasteiger partial charge in [0.15, 0.2) is 11.5 Å². The number of ether oxygens (including phenoxy) is 1. The van der Waals surface area contributed by atoms with Crippen LogP contribution in [0.1, 0.15) is 39.2 Å². The molecule has 1 atom stereocenters. The third-order valence-corrected chi connectivity index (χ3v) is 5.54. The molecule has 158 valence electrons. The molecule has 2 N–H and O–H groups in total. The zero-order valence-electron chi connectivity index (χ0n) is 16.5. The van der Waals surface area contributed by atoms with Gasteiger partial charge in [-0.1, -0.05) is 12.1 Å². The molecule has 9 nitrogen and oxygen atoms in total. The van der Waals surface area contributed by atoms with Crippen LogP contribution in [0, 0.1) is 0 Å². The quantitative estimate of drug-likeness (QED) is 0.665. The van der Waals surface area contributed by atoms with Gasteiger partial charge in [0.2, 0.25) is 5.91 Å². The molecule has 3 rings (SSSR count). The molecule has 0 fully saturated rings. The maximum atomic E-state index is 13.2. The van der Waals surface area contributed by atoms with Crippen molar-refractivity contribution in [2.75, 3.05) is 24.4 Å². The van der Waals surface area contributed by atoms with E-state index in [-0.39, 0.29) is 33.9 Å². The molecular formula is C20H20N2O7S. The lowest BCUT2D eigenvalue weighted by Crippen LogP contribution is -2.37. The third-order valence-electron chi connectivity index (χ3n) is 4.62. The van der Waals surface area contributed by atoms with E-state index in [9.17, 15) is 27.9 Å². The second-order valence-electron chi connectivity index (χ2n) is 6.93. The van der Waals surface area contributed by atoms with Gasteiger partial charge in [0, 0.05) is 13.2 Å². The smallest absolute Gasteiger partial charge is 0.264 e. The molecule has 0 saturated heterocycles. The number of fused-ring (bicyclic) bond motifs is 1. The Kier molecular flexibility index (Phi) is 5.53. The summed E-state index contributed by atoms with van der Waals surface area (Å²) in [4.78, 5) is 38.6. The lowest BCUT2D eigenvalue weighted by molar-refractivity contribution is -0.114. The highest BCUT2D eigenvalue weighted by Gasteiger charge is 2.43. The highest BCUT2D eigenvalue weighted by Crippen LogP contribution is 2.38. The number of phenols is 1. The number of anilines is 1. The number of imide groups is 1. The Morgan fingerprint density at radius 3 is 2.47 bits per heavy atom. The minimum Gasteiger partial charge on any atom is -0.504 e. The summed E-state index contributed by atoms with van der Waals surface area (Å²) in [7, 11) is -2.27. The molecule has 0 aromatic heterocycles. The van der Waals surface area contributed by atoms with E-state index in [1.54, 1.807) is 0 Å². The molecule has 0 aliphatic carbocycles. The Morgan fingerprint density at radius 2 is 1.90 bits per heavy atom. The lowest BCUT2D eigenvalue weighted by atomic mass is 10.1. The van der Waals surface area contributed by atoms with Gasteiger partial charge < -0.3 is 15.2 Å². The fourth-order valence-corrected chi connectivity index (χ4v) is 4.32. The molecule has 1 unspecified atom stereocenters. The van der Waals surface area contributed by atoms with E-state index >= 15 is 0 Å². The van der Waals surface area contributed by atoms with E-state index in [0.717, 1.165) is 11.2 Å². The van der Waals surface area contributed by atoms with Gasteiger partial charge in [-0.25, -0.2) is 8.42 Å². The minimum atomic E-state index is -3.63. The summed E-state index contributed by atoms with van der Waals surface area (Å²) in [6.07, 6.45) is 0.990. The molecule has 1 aliphatic rings. The largest absolute Gasteiger partial charge is 0.504 e. The Labute approximate surface area is 173 Å². The van der Waals surface area contributed by atoms with Crippen LogP contribution in [0.3, 0.4) is 0 Å². The minimum absolute atomic E-state index is 0.00562. The molecular weight excluding hydrogens is 412 g/mol. The molecule has 1 aliphatic heterocycles. The summed E-state index contributed by atoms with van der Waals surface area (Å²) >= 11 is 0. The zero-order valence-corrected chi connectivity index (χ0v) is 17.3. The predicted octanol–water partition coefficient (Wildman–Crippen LogP) is 1.74. The maximum Gasteiger partial charge on any atom is 0.264 e. The fraction of sp³-hybridized carbons (Fsp3) is 0.250. The number of phenolic OH excluding ortho intramolecular Hbond substituents is 1. The monoisotopic (exact) mass is 432 g/mol. The van der Waals surface area contributed by atoms with Crippen LogP contribution in [-0.4, -0.2) is 55.3 Å². The number of nitrogens with one attached hydrogen (secondary N) is 1. The van der Waals surface area contributed by atoms with E-state index in [0.29, 0.717) is 0 Å². The average Bonchev–Trinajstić information content (AvgIpc) is 2.90. The van der Waals surface area contributed by atoms with Crippen molar-refractivity contribution in [1.82, 2.24) is 4.90 Å². The van der Waals surface area contributed by atoms with Crippen molar-refractivity contribution >= 4 is 33.2 Å². The van der Waals surface area contributed by atoms with Gasteiger partial charge in [0.1, 0.15) is 9.84 Å². The normalized spacial score (nSPS) is 14.4. The summed E-state index contributed by atoms with van der Waals surface area (Å²) in [5.41, 5.74) is 0.460. The van der Waals surface area contributed by atoms with Gasteiger partial charge in [-0.3, -0.25) is 19.3 Å². The van der Waals surface area contributed by atoms with Crippen molar-refractivity contribution in [2.45, 2.75) is 13.0 Å². The average molecular weight is 432 g/mol. The van der Waals surface area contributed by atoms with Gasteiger partial charge in [-0.15, -0.1) is 0 Å². The molecule has 2 aromatic carbocycles. The number of sulfone groups is 1. The van der Waals surface area contributed by atoms with E-state index in [4.69, 9.17) is 4.74 Å². The van der Waals surface area contributed by atoms with Crippen LogP contribution < -0.4 is 10.1 Å². The maximum absolute atomic E-state index is 13.2. The number of hydrogen-bond donors (Lipinski definition) is 2. The van der Waals surface area contributed by atoms with Crippen LogP contribution in [0.15, 0.2) is 36.4 Å². The first-order valence-corrected chi connectivity index (χ1v) is 10.9. The SMILES string of the molecule is COc1ccc(C(CS(C)(=O)=O)N2C(=O)c3cccc(NC(C)=O)c3C2=O)cc1O. The molecule has 30 heavy (non-hydrogen) atoms. The van der Waals surface area contributed by atoms with E-state index < -0.39 is 39.4 Å². The van der Waals surface area contributed by atoms with Crippen LogP contribution in [0.25, 0.3) is 0 Å². The first-order valence-electron chi connectivity index (χ1n) is 8.86. The van der Waals surface area contributed by atoms with Crippen LogP contribution >= 0.6 is 0 Å². The van der Waals surface area contributed by atoms with Crippen molar-refractivity contribution < 1.29 is 32.6 Å². The van der Waals surface area contributed by atoms with Crippen LogP contribution in [-0.2, 0) is 14.6 Å². The molecule has 2 aromatic rings. The summed E-state index contributed by atoms with van der Waals surface area (Å²) < 4.78 is 29.2. The molecule has 0 bridgehead atoms. The molecule has 1 heterocycles. The third kappa shape index (κ3) is 3.99. The van der Waals surface area contributed by atoms with Crippen molar-refractivity contribution in [2.24, 2.45) is 0 Å². The molecule has 0 saturated carbocycles. The van der Waals surface area contributed by atoms with Crippen molar-refractivity contribution in [3.63, 3.8) is 0 Å². The van der Waals surface area contributed by atoms with Crippen molar-refractivity contribution in [3.8, 4) is 11.5 Å². The topological polar surface area (TPSA) is 130 Å². The molecule has 0 spiro atoms. The van der Waals surface area contributed by atoms with Crippen LogP contribution in [0.2, 0.25) is 0 Å². The highest BCUT2D eigenvalue weighted by molar-refractivity contribution is 7.90.